The fraction of sp³-hybridized carbons (Fsp3) is 0.269. The average Bonchev–Trinajstić information content (AvgIpc) is 2.80. The first kappa shape index (κ1) is 22.9. The van der Waals surface area contributed by atoms with Crippen LogP contribution in [0, 0.1) is 0 Å². The average molecular weight is 465 g/mol. The van der Waals surface area contributed by atoms with Crippen LogP contribution in [0.15, 0.2) is 78.9 Å². The van der Waals surface area contributed by atoms with Gasteiger partial charge in [0.2, 0.25) is 15.9 Å². The zero-order chi connectivity index (χ0) is 23.4. The maximum Gasteiger partial charge on any atom is 0.244 e. The number of anilines is 1. The molecule has 0 bridgehead atoms. The molecule has 1 aliphatic rings. The van der Waals surface area contributed by atoms with Crippen LogP contribution in [0.1, 0.15) is 36.9 Å². The number of amides is 1. The molecular weight excluding hydrogens is 436 g/mol. The summed E-state index contributed by atoms with van der Waals surface area (Å²) in [4.78, 5) is 13.1. The molecule has 0 unspecified atom stereocenters. The zero-order valence-corrected chi connectivity index (χ0v) is 19.6. The molecule has 0 saturated carbocycles. The summed E-state index contributed by atoms with van der Waals surface area (Å²) < 4.78 is 32.3. The van der Waals surface area contributed by atoms with E-state index in [1.165, 1.54) is 5.56 Å². The third kappa shape index (κ3) is 5.37. The highest BCUT2D eigenvalue weighted by Gasteiger charge is 2.31. The van der Waals surface area contributed by atoms with Crippen molar-refractivity contribution in [2.75, 3.05) is 10.6 Å². The monoisotopic (exact) mass is 464 g/mol. The van der Waals surface area contributed by atoms with Crippen molar-refractivity contribution >= 4 is 21.6 Å². The number of carbonyl (C=O) groups is 1. The first-order valence-electron chi connectivity index (χ1n) is 11.0. The van der Waals surface area contributed by atoms with E-state index in [1.807, 2.05) is 48.5 Å². The lowest BCUT2D eigenvalue weighted by Gasteiger charge is -2.31. The van der Waals surface area contributed by atoms with Crippen LogP contribution in [0.3, 0.4) is 0 Å². The van der Waals surface area contributed by atoms with Gasteiger partial charge in [-0.2, -0.15) is 0 Å². The summed E-state index contributed by atoms with van der Waals surface area (Å²) in [5.41, 5.74) is 2.75. The molecule has 0 fully saturated rings. The maximum atomic E-state index is 13.1. The van der Waals surface area contributed by atoms with Gasteiger partial charge < -0.3 is 10.1 Å². The molecule has 172 valence electrons. The summed E-state index contributed by atoms with van der Waals surface area (Å²) in [6.07, 6.45) is 3.92. The van der Waals surface area contributed by atoms with Crippen molar-refractivity contribution in [3.63, 3.8) is 0 Å². The van der Waals surface area contributed by atoms with Crippen LogP contribution in [0.25, 0.3) is 0 Å². The van der Waals surface area contributed by atoms with Gasteiger partial charge in [-0.05, 0) is 73.7 Å². The van der Waals surface area contributed by atoms with Crippen LogP contribution < -0.4 is 14.4 Å². The van der Waals surface area contributed by atoms with Crippen molar-refractivity contribution in [1.82, 2.24) is 5.32 Å². The molecule has 2 atom stereocenters. The molecule has 6 nitrogen and oxygen atoms in total. The Bertz CT molecular complexity index is 1210. The normalized spacial score (nSPS) is 16.4. The Hall–Kier alpha value is -3.32. The van der Waals surface area contributed by atoms with Gasteiger partial charge in [0.15, 0.2) is 0 Å². The lowest BCUT2D eigenvalue weighted by atomic mass is 9.87. The molecule has 33 heavy (non-hydrogen) atoms. The molecule has 1 aliphatic carbocycles. The molecule has 1 amide bonds. The SMILES string of the molecule is C[C@H](C(=O)N[C@@H]1CCCc2ccccc21)N(c1ccc(Oc2ccccc2)cc1)S(C)(=O)=O. The first-order valence-corrected chi connectivity index (χ1v) is 12.9. The van der Waals surface area contributed by atoms with Crippen molar-refractivity contribution in [1.29, 1.82) is 0 Å². The van der Waals surface area contributed by atoms with E-state index in [-0.39, 0.29) is 11.9 Å². The van der Waals surface area contributed by atoms with E-state index in [0.29, 0.717) is 17.2 Å². The zero-order valence-electron chi connectivity index (χ0n) is 18.8. The van der Waals surface area contributed by atoms with Gasteiger partial charge in [-0.25, -0.2) is 8.42 Å². The number of nitrogens with one attached hydrogen (secondary N) is 1. The van der Waals surface area contributed by atoms with Gasteiger partial charge >= 0.3 is 0 Å². The minimum absolute atomic E-state index is 0.118. The molecule has 3 aromatic rings. The summed E-state index contributed by atoms with van der Waals surface area (Å²) in [5.74, 6) is 0.937. The Kier molecular flexibility index (Phi) is 6.70. The van der Waals surface area contributed by atoms with Crippen LogP contribution >= 0.6 is 0 Å². The summed E-state index contributed by atoms with van der Waals surface area (Å²) in [6, 6.07) is 23.1. The molecule has 4 rings (SSSR count). The van der Waals surface area contributed by atoms with Gasteiger partial charge in [-0.15, -0.1) is 0 Å². The minimum Gasteiger partial charge on any atom is -0.457 e. The molecule has 0 saturated heterocycles. The standard InChI is InChI=1S/C26H28N2O4S/c1-19(26(29)27-25-14-8-10-20-9-6-7-13-24(20)25)28(33(2,30)31)21-15-17-23(18-16-21)32-22-11-4-3-5-12-22/h3-7,9,11-13,15-19,25H,8,10,14H2,1-2H3,(H,27,29)/t19-,25-/m1/s1. The second-order valence-corrected chi connectivity index (χ2v) is 10.2. The number of fused-ring (bicyclic) bond motifs is 1. The van der Waals surface area contributed by atoms with Crippen molar-refractivity contribution in [2.45, 2.75) is 38.3 Å². The number of aryl methyl sites for hydroxylation is 1. The Morgan fingerprint density at radius 3 is 2.30 bits per heavy atom. The van der Waals surface area contributed by atoms with Crippen molar-refractivity contribution < 1.29 is 17.9 Å². The molecule has 3 aromatic carbocycles. The van der Waals surface area contributed by atoms with Gasteiger partial charge in [-0.1, -0.05) is 42.5 Å². The van der Waals surface area contributed by atoms with Crippen LogP contribution in [0.2, 0.25) is 0 Å². The fourth-order valence-corrected chi connectivity index (χ4v) is 5.47. The van der Waals surface area contributed by atoms with E-state index in [1.54, 1.807) is 31.2 Å². The van der Waals surface area contributed by atoms with Crippen LogP contribution in [0.5, 0.6) is 11.5 Å². The van der Waals surface area contributed by atoms with E-state index in [9.17, 15) is 13.2 Å². The van der Waals surface area contributed by atoms with Gasteiger partial charge in [0.05, 0.1) is 18.0 Å². The van der Waals surface area contributed by atoms with E-state index >= 15 is 0 Å². The number of nitrogens with zero attached hydrogens (tertiary/aromatic N) is 1. The van der Waals surface area contributed by atoms with Crippen LogP contribution in [-0.4, -0.2) is 26.6 Å². The summed E-state index contributed by atoms with van der Waals surface area (Å²) in [7, 11) is -3.70. The third-order valence-electron chi connectivity index (χ3n) is 5.84. The predicted molar refractivity (Wildman–Crippen MR) is 130 cm³/mol. The van der Waals surface area contributed by atoms with E-state index in [4.69, 9.17) is 4.74 Å². The fourth-order valence-electron chi connectivity index (χ4n) is 4.29. The van der Waals surface area contributed by atoms with E-state index in [0.717, 1.165) is 35.4 Å². The molecule has 0 aromatic heterocycles. The van der Waals surface area contributed by atoms with Crippen molar-refractivity contribution in [2.24, 2.45) is 0 Å². The van der Waals surface area contributed by atoms with Gasteiger partial charge in [0.25, 0.3) is 0 Å². The highest BCUT2D eigenvalue weighted by atomic mass is 32.2. The smallest absolute Gasteiger partial charge is 0.244 e. The number of sulfonamides is 1. The number of para-hydroxylation sites is 1. The third-order valence-corrected chi connectivity index (χ3v) is 7.09. The van der Waals surface area contributed by atoms with E-state index in [2.05, 4.69) is 11.4 Å². The Labute approximate surface area is 195 Å². The highest BCUT2D eigenvalue weighted by Crippen LogP contribution is 2.31. The lowest BCUT2D eigenvalue weighted by Crippen LogP contribution is -2.49. The second-order valence-electron chi connectivity index (χ2n) is 8.30. The highest BCUT2D eigenvalue weighted by molar-refractivity contribution is 7.92. The van der Waals surface area contributed by atoms with Crippen LogP contribution in [-0.2, 0) is 21.2 Å². The summed E-state index contributed by atoms with van der Waals surface area (Å²) in [5, 5.41) is 3.07. The van der Waals surface area contributed by atoms with E-state index < -0.39 is 16.1 Å². The molecule has 0 spiro atoms. The molecule has 1 N–H and O–H groups in total. The Morgan fingerprint density at radius 2 is 1.61 bits per heavy atom. The first-order chi connectivity index (χ1) is 15.8. The van der Waals surface area contributed by atoms with Gasteiger partial charge in [0.1, 0.15) is 17.5 Å². The number of benzene rings is 3. The molecule has 7 heteroatoms. The Balaban J connectivity index is 1.52. The number of carbonyl (C=O) groups excluding carboxylic acids is 1. The second kappa shape index (κ2) is 9.67. The van der Waals surface area contributed by atoms with Crippen LogP contribution in [0.4, 0.5) is 5.69 Å². The molecule has 0 radical (unpaired) electrons. The van der Waals surface area contributed by atoms with Crippen molar-refractivity contribution in [3.05, 3.63) is 90.0 Å². The summed E-state index contributed by atoms with van der Waals surface area (Å²) in [6.45, 7) is 1.61. The number of rotatable bonds is 7. The van der Waals surface area contributed by atoms with Crippen molar-refractivity contribution in [3.8, 4) is 11.5 Å². The maximum absolute atomic E-state index is 13.1. The topological polar surface area (TPSA) is 75.7 Å². The summed E-state index contributed by atoms with van der Waals surface area (Å²) >= 11 is 0. The number of hydrogen-bond acceptors (Lipinski definition) is 4. The predicted octanol–water partition coefficient (Wildman–Crippen LogP) is 4.83. The van der Waals surface area contributed by atoms with Gasteiger partial charge in [-0.3, -0.25) is 9.10 Å². The number of hydrogen-bond donors (Lipinski definition) is 1. The minimum atomic E-state index is -3.70. The number of ether oxygens (including phenoxy) is 1. The Morgan fingerprint density at radius 1 is 0.970 bits per heavy atom. The molecule has 0 aliphatic heterocycles. The largest absolute Gasteiger partial charge is 0.457 e. The quantitative estimate of drug-likeness (QED) is 0.544. The molecule has 0 heterocycles. The molecular formula is C26H28N2O4S. The van der Waals surface area contributed by atoms with Gasteiger partial charge in [0, 0.05) is 0 Å². The lowest BCUT2D eigenvalue weighted by molar-refractivity contribution is -0.122.